The molecule has 1 N–H and O–H groups in total. The van der Waals surface area contributed by atoms with E-state index in [0.29, 0.717) is 59.3 Å². The van der Waals surface area contributed by atoms with E-state index in [2.05, 4.69) is 34.5 Å². The fourth-order valence-electron chi connectivity index (χ4n) is 9.46. The van der Waals surface area contributed by atoms with Crippen molar-refractivity contribution in [2.45, 2.75) is 63.6 Å². The van der Waals surface area contributed by atoms with Crippen molar-refractivity contribution in [3.8, 4) is 35.2 Å². The lowest BCUT2D eigenvalue weighted by Crippen LogP contribution is -2.55. The first kappa shape index (κ1) is 37.0. The first-order valence-corrected chi connectivity index (χ1v) is 19.7. The largest absolute Gasteiger partial charge is 0.508 e. The van der Waals surface area contributed by atoms with Crippen molar-refractivity contribution in [1.29, 1.82) is 0 Å². The average Bonchev–Trinajstić information content (AvgIpc) is 3.75. The lowest BCUT2D eigenvalue weighted by atomic mass is 9.91. The summed E-state index contributed by atoms with van der Waals surface area (Å²) in [4.78, 5) is 17.4. The number of piperazine rings is 1. The van der Waals surface area contributed by atoms with Gasteiger partial charge in [0.2, 0.25) is 0 Å². The Kier molecular flexibility index (Phi) is 9.31. The molecule has 5 heterocycles. The molecule has 5 aromatic rings. The Morgan fingerprint density at radius 1 is 1.07 bits per heavy atom. The summed E-state index contributed by atoms with van der Waals surface area (Å²) in [6.45, 7) is 11.3. The second kappa shape index (κ2) is 14.1. The maximum absolute atomic E-state index is 17.9. The number of likely N-dealkylation sites (tertiary alicyclic amines) is 1. The number of nitrogens with zero attached hydrogens (tertiary/aromatic N) is 7. The van der Waals surface area contributed by atoms with Crippen LogP contribution in [0.3, 0.4) is 0 Å². The van der Waals surface area contributed by atoms with Gasteiger partial charge in [-0.1, -0.05) is 12.0 Å². The lowest BCUT2D eigenvalue weighted by Gasteiger charge is -2.43. The molecule has 0 amide bonds. The maximum atomic E-state index is 17.9. The van der Waals surface area contributed by atoms with Crippen LogP contribution in [0.2, 0.25) is 0 Å². The van der Waals surface area contributed by atoms with Gasteiger partial charge in [0.15, 0.2) is 5.82 Å². The summed E-state index contributed by atoms with van der Waals surface area (Å²) in [7, 11) is 3.51. The van der Waals surface area contributed by atoms with E-state index in [1.165, 1.54) is 24.3 Å². The molecule has 9 rings (SSSR count). The van der Waals surface area contributed by atoms with Crippen LogP contribution in [0.15, 0.2) is 30.5 Å². The van der Waals surface area contributed by atoms with Gasteiger partial charge in [-0.05, 0) is 75.1 Å². The zero-order valence-electron chi connectivity index (χ0n) is 32.6. The molecule has 56 heavy (non-hydrogen) atoms. The van der Waals surface area contributed by atoms with Gasteiger partial charge in [0.1, 0.15) is 28.4 Å². The highest BCUT2D eigenvalue weighted by Crippen LogP contribution is 2.49. The number of morpholine rings is 1. The second-order valence-electron chi connectivity index (χ2n) is 16.9. The van der Waals surface area contributed by atoms with Gasteiger partial charge in [-0.3, -0.25) is 14.5 Å². The number of rotatable bonds is 11. The summed E-state index contributed by atoms with van der Waals surface area (Å²) in [6, 6.07) is 6.15. The van der Waals surface area contributed by atoms with E-state index in [-0.39, 0.29) is 57.0 Å². The number of aryl methyl sites for hydroxylation is 1. The zero-order valence-corrected chi connectivity index (χ0v) is 32.6. The standard InChI is InChI=1S/C43H49F2N7O4/c1-6-30-33(44)11-8-26-18-29(53)19-31(34(26)30)35-37(45)39-36(32-22-49(4)48-38(32)35)40(52-27-9-10-28(52)21-50(20-27)14-7-16-54-5)47-41(46-39)56-25-43(12-13-43)23-51-15-17-55-24-42(51,2)3/h1,8,11,18-19,22,27-28,53H,7,9-10,12-17,20-21,23-25H2,2-5H3. The third-order valence-corrected chi connectivity index (χ3v) is 12.5. The molecule has 3 aromatic carbocycles. The van der Waals surface area contributed by atoms with Crippen LogP contribution in [0, 0.1) is 29.4 Å². The topological polar surface area (TPSA) is 101 Å². The first-order valence-electron chi connectivity index (χ1n) is 19.7. The molecular formula is C43H49F2N7O4. The number of anilines is 1. The molecule has 3 aliphatic heterocycles. The SMILES string of the molecule is C#Cc1c(F)ccc2cc(O)cc(-c3c(F)c4nc(OCC5(CN6CCOCC6(C)C)CC5)nc(N5C6CCC5CN(CCCOC)C6)c4c4cn(C)nc34)c12. The van der Waals surface area contributed by atoms with Gasteiger partial charge in [0, 0.05) is 99.1 Å². The molecule has 2 atom stereocenters. The van der Waals surface area contributed by atoms with Crippen LogP contribution in [-0.4, -0.2) is 119 Å². The fraction of sp³-hybridized carbons (Fsp3) is 0.512. The Morgan fingerprint density at radius 3 is 2.57 bits per heavy atom. The van der Waals surface area contributed by atoms with Gasteiger partial charge >= 0.3 is 6.01 Å². The van der Waals surface area contributed by atoms with E-state index in [1.807, 2.05) is 6.20 Å². The van der Waals surface area contributed by atoms with Gasteiger partial charge in [0.25, 0.3) is 0 Å². The zero-order chi connectivity index (χ0) is 38.9. The summed E-state index contributed by atoms with van der Waals surface area (Å²) in [5.74, 6) is 1.71. The maximum Gasteiger partial charge on any atom is 0.319 e. The molecule has 2 bridgehead atoms. The van der Waals surface area contributed by atoms with E-state index in [0.717, 1.165) is 64.8 Å². The molecule has 2 aromatic heterocycles. The third-order valence-electron chi connectivity index (χ3n) is 12.5. The lowest BCUT2D eigenvalue weighted by molar-refractivity contribution is -0.0619. The molecule has 4 aliphatic rings. The number of aromatic hydroxyl groups is 1. The van der Waals surface area contributed by atoms with E-state index < -0.39 is 11.6 Å². The van der Waals surface area contributed by atoms with Gasteiger partial charge in [-0.2, -0.15) is 15.1 Å². The number of hydrogen-bond donors (Lipinski definition) is 1. The highest BCUT2D eigenvalue weighted by Gasteiger charge is 2.48. The third kappa shape index (κ3) is 6.40. The summed E-state index contributed by atoms with van der Waals surface area (Å²) < 4.78 is 52.5. The number of fused-ring (bicyclic) bond motifs is 6. The van der Waals surface area contributed by atoms with Crippen molar-refractivity contribution >= 4 is 38.4 Å². The van der Waals surface area contributed by atoms with Crippen molar-refractivity contribution in [2.24, 2.45) is 12.5 Å². The van der Waals surface area contributed by atoms with Gasteiger partial charge in [-0.15, -0.1) is 6.42 Å². The summed E-state index contributed by atoms with van der Waals surface area (Å²) >= 11 is 0. The molecule has 0 radical (unpaired) electrons. The predicted octanol–water partition coefficient (Wildman–Crippen LogP) is 6.26. The quantitative estimate of drug-likeness (QED) is 0.123. The molecule has 4 fully saturated rings. The highest BCUT2D eigenvalue weighted by atomic mass is 19.1. The monoisotopic (exact) mass is 765 g/mol. The number of phenolic OH excluding ortho intramolecular Hbond substituents is 1. The highest BCUT2D eigenvalue weighted by molar-refractivity contribution is 6.18. The van der Waals surface area contributed by atoms with Crippen LogP contribution in [0.5, 0.6) is 11.8 Å². The minimum Gasteiger partial charge on any atom is -0.508 e. The Labute approximate surface area is 325 Å². The van der Waals surface area contributed by atoms with Crippen LogP contribution >= 0.6 is 0 Å². The first-order chi connectivity index (χ1) is 27.0. The average molecular weight is 766 g/mol. The van der Waals surface area contributed by atoms with Crippen molar-refractivity contribution in [2.75, 3.05) is 71.2 Å². The van der Waals surface area contributed by atoms with Gasteiger partial charge in [-0.25, -0.2) is 8.78 Å². The molecular weight excluding hydrogens is 717 g/mol. The van der Waals surface area contributed by atoms with Crippen LogP contribution in [0.4, 0.5) is 14.6 Å². The summed E-state index contributed by atoms with van der Waals surface area (Å²) in [6.07, 6.45) is 12.7. The number of benzene rings is 3. The number of hydrogen-bond acceptors (Lipinski definition) is 10. The van der Waals surface area contributed by atoms with Gasteiger partial charge in [0.05, 0.1) is 30.8 Å². The number of terminal acetylenes is 1. The predicted molar refractivity (Wildman–Crippen MR) is 212 cm³/mol. The molecule has 13 heteroatoms. The molecule has 2 unspecified atom stereocenters. The Balaban J connectivity index is 1.20. The summed E-state index contributed by atoms with van der Waals surface area (Å²) in [5.41, 5.74) is 0.554. The molecule has 3 saturated heterocycles. The van der Waals surface area contributed by atoms with E-state index in [1.54, 1.807) is 18.8 Å². The number of phenols is 1. The second-order valence-corrected chi connectivity index (χ2v) is 16.9. The van der Waals surface area contributed by atoms with Crippen molar-refractivity contribution < 1.29 is 28.1 Å². The van der Waals surface area contributed by atoms with Crippen LogP contribution in [-0.2, 0) is 16.5 Å². The van der Waals surface area contributed by atoms with Crippen LogP contribution in [0.1, 0.15) is 51.5 Å². The number of aromatic nitrogens is 4. The Bertz CT molecular complexity index is 2370. The fourth-order valence-corrected chi connectivity index (χ4v) is 9.46. The van der Waals surface area contributed by atoms with Gasteiger partial charge < -0.3 is 24.2 Å². The molecule has 11 nitrogen and oxygen atoms in total. The molecule has 0 spiro atoms. The molecule has 1 aliphatic carbocycles. The van der Waals surface area contributed by atoms with E-state index in [4.69, 9.17) is 35.7 Å². The normalized spacial score (nSPS) is 22.0. The smallest absolute Gasteiger partial charge is 0.319 e. The Morgan fingerprint density at radius 2 is 1.86 bits per heavy atom. The van der Waals surface area contributed by atoms with Crippen LogP contribution in [0.25, 0.3) is 43.7 Å². The minimum atomic E-state index is -0.666. The Hall–Kier alpha value is -4.61. The van der Waals surface area contributed by atoms with E-state index in [9.17, 15) is 5.11 Å². The van der Waals surface area contributed by atoms with Crippen molar-refractivity contribution in [3.63, 3.8) is 0 Å². The number of methoxy groups -OCH3 is 1. The minimum absolute atomic E-state index is 0.0217. The number of ether oxygens (including phenoxy) is 3. The number of halogens is 2. The van der Waals surface area contributed by atoms with Crippen LogP contribution < -0.4 is 9.64 Å². The molecule has 1 saturated carbocycles. The summed E-state index contributed by atoms with van der Waals surface area (Å²) in [5, 5.41) is 17.7. The van der Waals surface area contributed by atoms with Crippen molar-refractivity contribution in [1.82, 2.24) is 29.5 Å². The van der Waals surface area contributed by atoms with E-state index >= 15 is 8.78 Å². The van der Waals surface area contributed by atoms with Crippen molar-refractivity contribution in [3.05, 3.63) is 47.7 Å². The molecule has 294 valence electrons.